The molecule has 8 heteroatoms. The van der Waals surface area contributed by atoms with Crippen molar-refractivity contribution in [2.75, 3.05) is 33.8 Å². The maximum Gasteiger partial charge on any atom is 0.191 e. The number of aromatic nitrogens is 1. The summed E-state index contributed by atoms with van der Waals surface area (Å²) >= 11 is 0. The molecule has 3 aromatic rings. The largest absolute Gasteiger partial charge is 0.496 e. The van der Waals surface area contributed by atoms with Gasteiger partial charge in [-0.15, -0.1) is 24.0 Å². The normalized spacial score (nSPS) is 15.0. The average Bonchev–Trinajstić information content (AvgIpc) is 3.55. The first kappa shape index (κ1) is 25.0. The van der Waals surface area contributed by atoms with Gasteiger partial charge in [0.05, 0.1) is 19.7 Å². The third-order valence-corrected chi connectivity index (χ3v) is 5.82. The van der Waals surface area contributed by atoms with E-state index in [1.54, 1.807) is 14.2 Å². The molecular weight excluding hydrogens is 529 g/mol. The Hall–Kier alpha value is -2.59. The van der Waals surface area contributed by atoms with Gasteiger partial charge in [0.2, 0.25) is 0 Å². The summed E-state index contributed by atoms with van der Waals surface area (Å²) in [5.74, 6) is 2.41. The SMILES string of the molecule is CN=C(NCc1cc(-c2ccccc2)on1)NCC(c1ccccc1OC)N1CCCC1.I. The molecule has 2 N–H and O–H groups in total. The summed E-state index contributed by atoms with van der Waals surface area (Å²) in [7, 11) is 3.51. The van der Waals surface area contributed by atoms with Crippen LogP contribution < -0.4 is 15.4 Å². The predicted octanol–water partition coefficient (Wildman–Crippen LogP) is 4.47. The second kappa shape index (κ2) is 12.6. The zero-order chi connectivity index (χ0) is 22.2. The minimum Gasteiger partial charge on any atom is -0.496 e. The van der Waals surface area contributed by atoms with Crippen molar-refractivity contribution in [1.29, 1.82) is 0 Å². The third-order valence-electron chi connectivity index (χ3n) is 5.82. The van der Waals surface area contributed by atoms with Gasteiger partial charge in [-0.05, 0) is 32.0 Å². The van der Waals surface area contributed by atoms with Crippen LogP contribution in [0.15, 0.2) is 70.2 Å². The van der Waals surface area contributed by atoms with Gasteiger partial charge in [0.25, 0.3) is 0 Å². The van der Waals surface area contributed by atoms with Crippen LogP contribution in [-0.2, 0) is 6.54 Å². The number of likely N-dealkylation sites (tertiary alicyclic amines) is 1. The molecule has 33 heavy (non-hydrogen) atoms. The molecule has 2 aromatic carbocycles. The highest BCUT2D eigenvalue weighted by molar-refractivity contribution is 14.0. The molecule has 1 atom stereocenters. The Morgan fingerprint density at radius 2 is 1.82 bits per heavy atom. The maximum atomic E-state index is 5.64. The number of hydrogen-bond acceptors (Lipinski definition) is 5. The van der Waals surface area contributed by atoms with E-state index in [4.69, 9.17) is 9.26 Å². The molecule has 0 amide bonds. The molecule has 0 bridgehead atoms. The zero-order valence-corrected chi connectivity index (χ0v) is 21.5. The van der Waals surface area contributed by atoms with Crippen molar-refractivity contribution >= 4 is 29.9 Å². The lowest BCUT2D eigenvalue weighted by Gasteiger charge is -2.30. The van der Waals surface area contributed by atoms with Crippen LogP contribution in [0.5, 0.6) is 5.75 Å². The van der Waals surface area contributed by atoms with Crippen molar-refractivity contribution < 1.29 is 9.26 Å². The molecule has 1 aliphatic heterocycles. The number of rotatable bonds is 8. The molecule has 1 saturated heterocycles. The number of methoxy groups -OCH3 is 1. The number of benzene rings is 2. The molecule has 1 aromatic heterocycles. The fraction of sp³-hybridized carbons (Fsp3) is 0.360. The van der Waals surface area contributed by atoms with E-state index in [1.165, 1.54) is 18.4 Å². The van der Waals surface area contributed by atoms with Gasteiger partial charge in [-0.2, -0.15) is 0 Å². The lowest BCUT2D eigenvalue weighted by atomic mass is 10.0. The summed E-state index contributed by atoms with van der Waals surface area (Å²) in [6, 6.07) is 20.4. The molecule has 0 spiro atoms. The van der Waals surface area contributed by atoms with Crippen LogP contribution in [0.4, 0.5) is 0 Å². The van der Waals surface area contributed by atoms with Crippen molar-refractivity contribution in [2.24, 2.45) is 4.99 Å². The van der Waals surface area contributed by atoms with E-state index >= 15 is 0 Å². The third kappa shape index (κ3) is 6.48. The van der Waals surface area contributed by atoms with Crippen LogP contribution in [0.2, 0.25) is 0 Å². The monoisotopic (exact) mass is 561 g/mol. The number of para-hydroxylation sites is 1. The van der Waals surface area contributed by atoms with Crippen LogP contribution in [0.3, 0.4) is 0 Å². The quantitative estimate of drug-likeness (QED) is 0.240. The van der Waals surface area contributed by atoms with Crippen molar-refractivity contribution in [1.82, 2.24) is 20.7 Å². The van der Waals surface area contributed by atoms with Crippen LogP contribution in [0, 0.1) is 0 Å². The summed E-state index contributed by atoms with van der Waals surface area (Å²) in [6.07, 6.45) is 2.46. The Kier molecular flexibility index (Phi) is 9.56. The van der Waals surface area contributed by atoms with Crippen LogP contribution in [0.25, 0.3) is 11.3 Å². The Labute approximate surface area is 212 Å². The molecule has 0 radical (unpaired) electrons. The minimum absolute atomic E-state index is 0. The first-order chi connectivity index (χ1) is 15.8. The molecule has 176 valence electrons. The van der Waals surface area contributed by atoms with E-state index in [9.17, 15) is 0 Å². The highest BCUT2D eigenvalue weighted by Gasteiger charge is 2.26. The van der Waals surface area contributed by atoms with Gasteiger partial charge in [0.15, 0.2) is 11.7 Å². The van der Waals surface area contributed by atoms with Crippen molar-refractivity contribution in [2.45, 2.75) is 25.4 Å². The fourth-order valence-electron chi connectivity index (χ4n) is 4.15. The number of hydrogen-bond donors (Lipinski definition) is 2. The lowest BCUT2D eigenvalue weighted by Crippen LogP contribution is -2.42. The van der Waals surface area contributed by atoms with Gasteiger partial charge in [0.1, 0.15) is 11.4 Å². The van der Waals surface area contributed by atoms with Crippen LogP contribution in [-0.4, -0.2) is 49.8 Å². The maximum absolute atomic E-state index is 5.64. The van der Waals surface area contributed by atoms with Gasteiger partial charge in [-0.3, -0.25) is 9.89 Å². The fourth-order valence-corrected chi connectivity index (χ4v) is 4.15. The first-order valence-electron chi connectivity index (χ1n) is 11.1. The highest BCUT2D eigenvalue weighted by Crippen LogP contribution is 2.31. The molecule has 4 rings (SSSR count). The molecule has 1 aliphatic rings. The highest BCUT2D eigenvalue weighted by atomic mass is 127. The molecule has 0 saturated carbocycles. The Balaban J connectivity index is 0.00000306. The summed E-state index contributed by atoms with van der Waals surface area (Å²) in [5, 5.41) is 11.0. The van der Waals surface area contributed by atoms with Crippen molar-refractivity contribution in [3.63, 3.8) is 0 Å². The Morgan fingerprint density at radius 1 is 1.09 bits per heavy atom. The number of nitrogens with zero attached hydrogens (tertiary/aromatic N) is 3. The lowest BCUT2D eigenvalue weighted by molar-refractivity contribution is 0.239. The van der Waals surface area contributed by atoms with Crippen LogP contribution in [0.1, 0.15) is 30.1 Å². The van der Waals surface area contributed by atoms with E-state index in [-0.39, 0.29) is 30.0 Å². The molecular formula is C25H32IN5O2. The van der Waals surface area contributed by atoms with Gasteiger partial charge in [-0.1, -0.05) is 53.7 Å². The summed E-state index contributed by atoms with van der Waals surface area (Å²) < 4.78 is 11.1. The van der Waals surface area contributed by atoms with E-state index in [0.717, 1.165) is 48.4 Å². The van der Waals surface area contributed by atoms with Crippen molar-refractivity contribution in [3.8, 4) is 17.1 Å². The topological polar surface area (TPSA) is 74.9 Å². The number of halogens is 1. The van der Waals surface area contributed by atoms with Gasteiger partial charge < -0.3 is 19.9 Å². The molecule has 2 heterocycles. The van der Waals surface area contributed by atoms with Crippen molar-refractivity contribution in [3.05, 3.63) is 71.9 Å². The van der Waals surface area contributed by atoms with Crippen LogP contribution >= 0.6 is 24.0 Å². The summed E-state index contributed by atoms with van der Waals surface area (Å²) in [6.45, 7) is 3.45. The second-order valence-electron chi connectivity index (χ2n) is 7.86. The standard InChI is InChI=1S/C25H31N5O2.HI/c1-26-25(27-17-20-16-24(32-29-20)19-10-4-3-5-11-19)28-18-22(30-14-8-9-15-30)21-12-6-7-13-23(21)31-2;/h3-7,10-13,16,22H,8-9,14-15,17-18H2,1-2H3,(H2,26,27,28);1H. The van der Waals surface area contributed by atoms with E-state index in [1.807, 2.05) is 48.5 Å². The van der Waals surface area contributed by atoms with E-state index in [0.29, 0.717) is 6.54 Å². The molecule has 7 nitrogen and oxygen atoms in total. The Morgan fingerprint density at radius 3 is 2.55 bits per heavy atom. The summed E-state index contributed by atoms with van der Waals surface area (Å²) in [4.78, 5) is 6.90. The van der Waals surface area contributed by atoms with E-state index in [2.05, 4.69) is 37.8 Å². The number of ether oxygens (including phenoxy) is 1. The second-order valence-corrected chi connectivity index (χ2v) is 7.86. The smallest absolute Gasteiger partial charge is 0.191 e. The first-order valence-corrected chi connectivity index (χ1v) is 11.1. The molecule has 0 aliphatic carbocycles. The van der Waals surface area contributed by atoms with Gasteiger partial charge in [-0.25, -0.2) is 0 Å². The molecule has 1 fully saturated rings. The van der Waals surface area contributed by atoms with Gasteiger partial charge >= 0.3 is 0 Å². The number of nitrogens with one attached hydrogen (secondary N) is 2. The van der Waals surface area contributed by atoms with Gasteiger partial charge in [0, 0.05) is 30.8 Å². The van der Waals surface area contributed by atoms with E-state index < -0.39 is 0 Å². The average molecular weight is 561 g/mol. The Bertz CT molecular complexity index is 1020. The number of guanidine groups is 1. The zero-order valence-electron chi connectivity index (χ0n) is 19.2. The minimum atomic E-state index is 0. The molecule has 1 unspecified atom stereocenters. The summed E-state index contributed by atoms with van der Waals surface area (Å²) in [5.41, 5.74) is 3.04. The number of aliphatic imine (C=N–C) groups is 1. The predicted molar refractivity (Wildman–Crippen MR) is 142 cm³/mol.